The van der Waals surface area contributed by atoms with E-state index < -0.39 is 5.63 Å². The van der Waals surface area contributed by atoms with Crippen molar-refractivity contribution in [2.24, 2.45) is 7.05 Å². The minimum Gasteiger partial charge on any atom is -0.383 e. The van der Waals surface area contributed by atoms with E-state index in [1.54, 1.807) is 0 Å². The molecule has 3 aromatic rings. The number of thioether (sulfide) groups is 1. The molecule has 0 atom stereocenters. The van der Waals surface area contributed by atoms with E-state index in [1.807, 2.05) is 44.2 Å². The van der Waals surface area contributed by atoms with Crippen LogP contribution in [0.15, 0.2) is 32.5 Å². The van der Waals surface area contributed by atoms with Gasteiger partial charge >= 0.3 is 11.3 Å². The van der Waals surface area contributed by atoms with Crippen LogP contribution in [-0.2, 0) is 11.8 Å². The van der Waals surface area contributed by atoms with E-state index in [1.165, 1.54) is 11.7 Å². The number of H-pyrrole nitrogens is 1. The summed E-state index contributed by atoms with van der Waals surface area (Å²) < 4.78 is 5.98. The molecule has 1 amide bonds. The van der Waals surface area contributed by atoms with E-state index in [2.05, 4.69) is 15.6 Å². The largest absolute Gasteiger partial charge is 0.435 e. The van der Waals surface area contributed by atoms with Crippen LogP contribution in [0, 0.1) is 36.5 Å². The average Bonchev–Trinajstić information content (AvgIpc) is 3.06. The highest BCUT2D eigenvalue weighted by Crippen LogP contribution is 2.33. The highest BCUT2D eigenvalue weighted by molar-refractivity contribution is 8.00. The summed E-state index contributed by atoms with van der Waals surface area (Å²) in [5.41, 5.74) is 7.50. The molecule has 0 spiro atoms. The average molecular weight is 436 g/mol. The number of hydrogen-bond acceptors (Lipinski definition) is 8. The number of hydrogen-bond donors (Lipinski definition) is 3. The number of carbonyl (C=O) groups excluding carboxylic acids is 1. The lowest BCUT2D eigenvalue weighted by Crippen LogP contribution is -2.34. The molecule has 0 fully saturated rings. The van der Waals surface area contributed by atoms with Gasteiger partial charge in [-0.25, -0.2) is 9.78 Å². The van der Waals surface area contributed by atoms with Crippen molar-refractivity contribution in [3.63, 3.8) is 0 Å². The fourth-order valence-corrected chi connectivity index (χ4v) is 3.87. The highest BCUT2D eigenvalue weighted by atomic mass is 32.2. The van der Waals surface area contributed by atoms with Crippen molar-refractivity contribution >= 4 is 29.2 Å². The van der Waals surface area contributed by atoms with Gasteiger partial charge in [0.1, 0.15) is 34.1 Å². The first-order valence-corrected chi connectivity index (χ1v) is 9.97. The van der Waals surface area contributed by atoms with Gasteiger partial charge in [-0.1, -0.05) is 34.6 Å². The number of amides is 1. The third kappa shape index (κ3) is 4.13. The molecular formula is C20H18N7O3S+. The topological polar surface area (TPSA) is 165 Å². The number of benzene rings is 1. The Labute approximate surface area is 181 Å². The van der Waals surface area contributed by atoms with E-state index in [-0.39, 0.29) is 44.9 Å². The number of pyridine rings is 1. The Morgan fingerprint density at radius 1 is 1.29 bits per heavy atom. The molecule has 2 heterocycles. The number of rotatable bonds is 5. The van der Waals surface area contributed by atoms with Crippen molar-refractivity contribution < 1.29 is 14.0 Å². The third-order valence-corrected chi connectivity index (χ3v) is 5.52. The lowest BCUT2D eigenvalue weighted by Gasteiger charge is -2.12. The summed E-state index contributed by atoms with van der Waals surface area (Å²) in [7, 11) is 1.49. The number of aryl methyl sites for hydroxylation is 3. The predicted octanol–water partition coefficient (Wildman–Crippen LogP) is 1.53. The van der Waals surface area contributed by atoms with Crippen LogP contribution in [0.3, 0.4) is 0 Å². The van der Waals surface area contributed by atoms with Crippen molar-refractivity contribution in [2.75, 3.05) is 16.8 Å². The van der Waals surface area contributed by atoms with Crippen LogP contribution in [0.2, 0.25) is 0 Å². The number of para-hydroxylation sites is 1. The number of nitriles is 2. The van der Waals surface area contributed by atoms with E-state index in [9.17, 15) is 20.1 Å². The summed E-state index contributed by atoms with van der Waals surface area (Å²) in [6.45, 7) is 3.78. The Hall–Kier alpha value is -4.09. The summed E-state index contributed by atoms with van der Waals surface area (Å²) >= 11 is 0.980. The highest BCUT2D eigenvalue weighted by Gasteiger charge is 2.31. The molecule has 0 saturated carbocycles. The fraction of sp³-hybridized carbons (Fsp3) is 0.200. The van der Waals surface area contributed by atoms with E-state index >= 15 is 0 Å². The molecule has 4 N–H and O–H groups in total. The molecule has 3 rings (SSSR count). The second kappa shape index (κ2) is 8.73. The number of carbonyl (C=O) groups is 1. The van der Waals surface area contributed by atoms with Gasteiger partial charge in [-0.15, -0.1) is 0 Å². The first-order chi connectivity index (χ1) is 14.8. The van der Waals surface area contributed by atoms with E-state index in [4.69, 9.17) is 10.3 Å². The zero-order valence-electron chi connectivity index (χ0n) is 16.9. The molecule has 0 aliphatic heterocycles. The molecular weight excluding hydrogens is 418 g/mol. The van der Waals surface area contributed by atoms with Crippen molar-refractivity contribution in [1.29, 1.82) is 10.5 Å². The number of aromatic nitrogens is 3. The van der Waals surface area contributed by atoms with Gasteiger partial charge in [0.2, 0.25) is 5.91 Å². The van der Waals surface area contributed by atoms with Crippen molar-refractivity contribution in [3.05, 3.63) is 50.9 Å². The normalized spacial score (nSPS) is 10.4. The fourth-order valence-electron chi connectivity index (χ4n) is 3.07. The van der Waals surface area contributed by atoms with Crippen molar-refractivity contribution in [2.45, 2.75) is 18.9 Å². The summed E-state index contributed by atoms with van der Waals surface area (Å²) in [5, 5.41) is 24.6. The Kier molecular flexibility index (Phi) is 6.09. The number of anilines is 2. The van der Waals surface area contributed by atoms with Gasteiger partial charge in [0.05, 0.1) is 11.3 Å². The van der Waals surface area contributed by atoms with Crippen LogP contribution in [0.5, 0.6) is 0 Å². The molecule has 0 aliphatic carbocycles. The summed E-state index contributed by atoms with van der Waals surface area (Å²) in [6.07, 6.45) is 0. The number of nitrogens with two attached hydrogens (primary N) is 1. The Balaban J connectivity index is 1.98. The molecule has 0 saturated heterocycles. The summed E-state index contributed by atoms with van der Waals surface area (Å²) in [5.74, 6) is -0.521. The maximum absolute atomic E-state index is 12.5. The van der Waals surface area contributed by atoms with Gasteiger partial charge in [-0.2, -0.15) is 10.5 Å². The molecule has 0 bridgehead atoms. The molecule has 0 aliphatic rings. The maximum Gasteiger partial charge on any atom is 0.435 e. The second-order valence-corrected chi connectivity index (χ2v) is 7.61. The van der Waals surface area contributed by atoms with Crippen molar-refractivity contribution in [1.82, 2.24) is 10.3 Å². The van der Waals surface area contributed by atoms with E-state index in [0.717, 1.165) is 28.6 Å². The minimum atomic E-state index is -0.773. The zero-order valence-corrected chi connectivity index (χ0v) is 17.8. The van der Waals surface area contributed by atoms with Crippen LogP contribution < -0.4 is 21.4 Å². The Morgan fingerprint density at radius 3 is 2.48 bits per heavy atom. The first-order valence-electron chi connectivity index (χ1n) is 8.98. The van der Waals surface area contributed by atoms with Gasteiger partial charge in [-0.3, -0.25) is 9.32 Å². The van der Waals surface area contributed by atoms with Crippen LogP contribution in [0.4, 0.5) is 11.5 Å². The molecule has 0 radical (unpaired) electrons. The Morgan fingerprint density at radius 2 is 1.94 bits per heavy atom. The van der Waals surface area contributed by atoms with E-state index in [0.29, 0.717) is 0 Å². The number of nitrogens with one attached hydrogen (secondary N) is 2. The first kappa shape index (κ1) is 21.6. The lowest BCUT2D eigenvalue weighted by atomic mass is 10.0. The van der Waals surface area contributed by atoms with Gasteiger partial charge < -0.3 is 11.1 Å². The van der Waals surface area contributed by atoms with Crippen LogP contribution in [0.25, 0.3) is 11.3 Å². The molecule has 10 nitrogen and oxygen atoms in total. The van der Waals surface area contributed by atoms with Crippen LogP contribution in [0.1, 0.15) is 22.3 Å². The predicted molar refractivity (Wildman–Crippen MR) is 113 cm³/mol. The lowest BCUT2D eigenvalue weighted by molar-refractivity contribution is -0.730. The summed E-state index contributed by atoms with van der Waals surface area (Å²) in [6, 6.07) is 9.53. The van der Waals surface area contributed by atoms with Crippen LogP contribution in [-0.4, -0.2) is 21.9 Å². The van der Waals surface area contributed by atoms with Crippen molar-refractivity contribution in [3.8, 4) is 23.4 Å². The van der Waals surface area contributed by atoms with Gasteiger partial charge in [0.15, 0.2) is 7.05 Å². The van der Waals surface area contributed by atoms with Gasteiger partial charge in [-0.05, 0) is 30.2 Å². The molecule has 2 aromatic heterocycles. The third-order valence-electron chi connectivity index (χ3n) is 4.54. The molecule has 31 heavy (non-hydrogen) atoms. The summed E-state index contributed by atoms with van der Waals surface area (Å²) in [4.78, 5) is 28.8. The standard InChI is InChI=1S/C20H17N7O3S/c1-10-5-4-6-11(2)16(10)24-14(28)9-31-19-13(8-22)15(12(7-21)18(23)25-19)17-20(29)30-26-27(17)3/h4-6H,9H2,1-3H3,(H3-,23,24,25,26,28,29)/p+1. The number of nitrogens with zero attached hydrogens (tertiary/aromatic N) is 4. The SMILES string of the molecule is Cc1cccc(C)c1NC(=O)CSc1nc(N)c(C#N)c(-c2c(=O)o[nH][n+]2C)c1C#N. The maximum atomic E-state index is 12.5. The molecule has 1 aromatic carbocycles. The Bertz CT molecular complexity index is 1310. The van der Waals surface area contributed by atoms with Gasteiger partial charge in [0, 0.05) is 5.69 Å². The smallest absolute Gasteiger partial charge is 0.383 e. The molecule has 0 unspecified atom stereocenters. The molecule has 11 heteroatoms. The number of aromatic amines is 1. The monoisotopic (exact) mass is 436 g/mol. The quantitative estimate of drug-likeness (QED) is 0.400. The number of nitrogen functional groups attached to an aromatic ring is 1. The molecule has 156 valence electrons. The zero-order chi connectivity index (χ0) is 22.7. The second-order valence-electron chi connectivity index (χ2n) is 6.64. The minimum absolute atomic E-state index is 0.00709. The van der Waals surface area contributed by atoms with Gasteiger partial charge in [0.25, 0.3) is 0 Å². The van der Waals surface area contributed by atoms with Crippen LogP contribution >= 0.6 is 11.8 Å².